The quantitative estimate of drug-likeness (QED) is 0.0914. The maximum atomic E-state index is 17.6. The minimum atomic E-state index is -0.742. The number of fused-ring (bicyclic) bond motifs is 2. The SMILES string of the molecule is CSC1=C(SC)SC(=c2c3ccccc3c(=C3SC(SC)=C(SC)S3)c3cc(C4N(C(=O)[C]5[CH][CH][CH][CH]5)CC56c7c8c9c%10c%11c%12c(c%13c%14c5c5c7c7c%15c8c8c9c9c%11c%11c%16c%12c%12c%13c%13c%14c%14c5c5c7c7c%15c%15c8c8c9c%11c9c%11c%16c%12c%12c%13c%13c%14c5c5c7c7c%15c8c9c8c%11c%12c%13c5c78)C%1046)ccc23)S1.[CH]1[CH][CH][CH][CH]1.[Fe+2]. The van der Waals surface area contributed by atoms with Gasteiger partial charge in [0.25, 0.3) is 0 Å². The summed E-state index contributed by atoms with van der Waals surface area (Å²) in [4.78, 5) is 20.2. The Kier molecular flexibility index (Phi) is 7.41. The number of likely N-dealkylation sites (tertiary alicyclic amines) is 1. The van der Waals surface area contributed by atoms with Crippen LogP contribution >= 0.6 is 94.1 Å². The second-order valence-corrected chi connectivity index (χ2v) is 42.9. The van der Waals surface area contributed by atoms with Gasteiger partial charge in [-0.05, 0) is 429 Å². The molecule has 10 radical (unpaired) electrons. The van der Waals surface area contributed by atoms with Crippen LogP contribution in [0.15, 0.2) is 59.4 Å². The molecule has 0 N–H and O–H groups in total. The topological polar surface area (TPSA) is 20.3 Å². The van der Waals surface area contributed by atoms with Crippen molar-refractivity contribution in [3.05, 3.63) is 161 Å². The second-order valence-electron chi connectivity index (χ2n) is 34.0. The molecule has 484 valence electrons. The average Bonchev–Trinajstić information content (AvgIpc) is 1.38. The number of thioether (sulfide) groups is 8. The van der Waals surface area contributed by atoms with Gasteiger partial charge in [-0.2, -0.15) is 0 Å². The molecule has 1 saturated heterocycles. The van der Waals surface area contributed by atoms with Gasteiger partial charge >= 0.3 is 17.1 Å². The van der Waals surface area contributed by atoms with Gasteiger partial charge in [0.2, 0.25) is 5.91 Å². The number of rotatable bonds is 6. The molecule has 1 atom stereocenters. The Hall–Kier alpha value is -7.35. The predicted molar refractivity (Wildman–Crippen MR) is 476 cm³/mol. The van der Waals surface area contributed by atoms with Crippen LogP contribution < -0.4 is 10.4 Å². The summed E-state index contributed by atoms with van der Waals surface area (Å²) in [5, 5.41) is 94.1. The van der Waals surface area contributed by atoms with E-state index in [1.165, 1.54) is 63.0 Å². The third-order valence-electron chi connectivity index (χ3n) is 32.0. The molecule has 1 amide bonds. The Morgan fingerprint density at radius 2 is 0.574 bits per heavy atom. The maximum Gasteiger partial charge on any atom is 2.00 e. The first kappa shape index (κ1) is 53.5. The van der Waals surface area contributed by atoms with Crippen molar-refractivity contribution in [3.8, 4) is 0 Å². The smallest absolute Gasteiger partial charge is 0.333 e. The van der Waals surface area contributed by atoms with E-state index in [4.69, 9.17) is 0 Å². The van der Waals surface area contributed by atoms with Crippen molar-refractivity contribution in [2.24, 2.45) is 0 Å². The minimum Gasteiger partial charge on any atom is -0.333 e. The van der Waals surface area contributed by atoms with Crippen LogP contribution in [0.1, 0.15) is 33.9 Å². The summed E-state index contributed by atoms with van der Waals surface area (Å²) in [6.45, 7) is 0.609. The first-order valence-corrected chi connectivity index (χ1v) is 45.7. The molecule has 2 nitrogen and oxygen atoms in total. The van der Waals surface area contributed by atoms with Gasteiger partial charge in [-0.25, -0.2) is 0 Å². The molecule has 3 heterocycles. The van der Waals surface area contributed by atoms with Crippen molar-refractivity contribution in [3.63, 3.8) is 0 Å². The second kappa shape index (κ2) is 15.0. The standard InChI is InChI=1S/C92H26NOS8.C5H5.Fe/c1-95-87-88(96-2)100-85(99-87)23-19-11-7-8-12-20(19)24(86-101-89(97-3)90(98-4)102-86)22-15-18(13-14-21(22)23)83-92-81-75-69-59-47-39-31-27-25-26-29-33(31)41(47)51-45-37(29)38-30(26)34-32-28(25)36-35(27)43-49(39)57-63-53(43)54-44(36)50-40(32)48-42(34)52-46(38)56-55(45)67(61(51)69)77(81)78-68(56)62(52)70-60(48)66-58(50)64(54)72-71(63)79(73(75)65(57)59)91(92,80(72)74(66)76(70)82(78)92)16-93(83)84(94)17-9-5-6-10-17;1-2-4-5-3-1;/h5-15,83H,16H2,1-4H3;1-5H;/q;;+2. The van der Waals surface area contributed by atoms with Crippen LogP contribution in [0.3, 0.4) is 0 Å². The van der Waals surface area contributed by atoms with E-state index < -0.39 is 16.9 Å². The molecule has 11 heteroatoms. The van der Waals surface area contributed by atoms with Gasteiger partial charge in [-0.3, -0.25) is 4.79 Å². The summed E-state index contributed by atoms with van der Waals surface area (Å²) < 4.78 is 8.28. The molecule has 1 unspecified atom stereocenters. The molecular formula is C97H31FeNOS8+2. The van der Waals surface area contributed by atoms with Crippen molar-refractivity contribution < 1.29 is 21.9 Å². The average molecular weight is 1540 g/mol. The van der Waals surface area contributed by atoms with E-state index in [9.17, 15) is 0 Å². The van der Waals surface area contributed by atoms with E-state index in [2.05, 4.69) is 98.1 Å². The van der Waals surface area contributed by atoms with Crippen molar-refractivity contribution in [2.75, 3.05) is 31.6 Å². The van der Waals surface area contributed by atoms with Crippen molar-refractivity contribution >= 4 is 421 Å². The number of benzene rings is 21. The molecule has 6 aliphatic carbocycles. The molecule has 3 fully saturated rings. The van der Waals surface area contributed by atoms with Crippen LogP contribution in [0.4, 0.5) is 0 Å². The fourth-order valence-electron chi connectivity index (χ4n) is 30.5. The van der Waals surface area contributed by atoms with Crippen LogP contribution in [-0.4, -0.2) is 42.4 Å². The molecule has 9 aliphatic rings. The number of hydrogen-bond donors (Lipinski definition) is 0. The van der Waals surface area contributed by atoms with Gasteiger partial charge in [0.15, 0.2) is 0 Å². The van der Waals surface area contributed by atoms with Gasteiger partial charge in [0, 0.05) is 17.0 Å². The van der Waals surface area contributed by atoms with Crippen LogP contribution in [0.2, 0.25) is 0 Å². The zero-order valence-electron chi connectivity index (χ0n) is 56.5. The Labute approximate surface area is 650 Å². The number of carbonyl (C=O) groups excluding carboxylic acids is 1. The van der Waals surface area contributed by atoms with E-state index in [0.717, 1.165) is 5.92 Å². The number of carbonyl (C=O) groups is 1. The zero-order chi connectivity index (χ0) is 67.0. The summed E-state index contributed by atoms with van der Waals surface area (Å²) in [6.07, 6.45) is 27.6. The molecule has 2 saturated carbocycles. The molecule has 0 aromatic heterocycles. The van der Waals surface area contributed by atoms with E-state index in [1.54, 1.807) is 313 Å². The van der Waals surface area contributed by atoms with Gasteiger partial charge < -0.3 is 4.90 Å². The molecule has 31 aromatic carbocycles. The molecule has 0 bridgehead atoms. The predicted octanol–water partition coefficient (Wildman–Crippen LogP) is 26.4. The molecule has 40 rings (SSSR count). The summed E-state index contributed by atoms with van der Waals surface area (Å²) in [7, 11) is 0. The van der Waals surface area contributed by atoms with Gasteiger partial charge in [-0.1, -0.05) is 83.4 Å². The summed E-state index contributed by atoms with van der Waals surface area (Å²) in [5.41, 5.74) is 6.30. The zero-order valence-corrected chi connectivity index (χ0v) is 64.1. The summed E-state index contributed by atoms with van der Waals surface area (Å²) in [5.74, 6) is 0.978. The minimum absolute atomic E-state index is 0. The van der Waals surface area contributed by atoms with Crippen molar-refractivity contribution in [1.82, 2.24) is 4.90 Å². The van der Waals surface area contributed by atoms with Crippen molar-refractivity contribution in [2.45, 2.75) is 16.9 Å². The number of hydrogen-bond acceptors (Lipinski definition) is 9. The Balaban J connectivity index is 0.000000880. The fourth-order valence-corrected chi connectivity index (χ4v) is 40.8. The molecule has 3 aliphatic heterocycles. The molecular weight excluding hydrogens is 1510 g/mol. The fraction of sp³-hybridized carbons (Fsp3) is 0.0825. The number of amides is 1. The molecule has 108 heavy (non-hydrogen) atoms. The first-order chi connectivity index (χ1) is 53.0. The molecule has 2 spiro atoms. The van der Waals surface area contributed by atoms with Crippen LogP contribution in [0, 0.1) is 63.7 Å². The van der Waals surface area contributed by atoms with Gasteiger partial charge in [0.05, 0.1) is 48.2 Å². The monoisotopic (exact) mass is 1540 g/mol. The van der Waals surface area contributed by atoms with E-state index >= 15 is 4.79 Å². The van der Waals surface area contributed by atoms with Crippen molar-refractivity contribution in [1.29, 1.82) is 0 Å². The Morgan fingerprint density at radius 3 is 0.852 bits per heavy atom. The van der Waals surface area contributed by atoms with Crippen LogP contribution in [0.25, 0.3) is 321 Å². The summed E-state index contributed by atoms with van der Waals surface area (Å²) >= 11 is 15.5. The Morgan fingerprint density at radius 1 is 0.324 bits per heavy atom. The van der Waals surface area contributed by atoms with Crippen LogP contribution in [0.5, 0.6) is 0 Å². The Bertz CT molecular complexity index is 9440. The first-order valence-electron chi connectivity index (χ1n) is 37.6. The third-order valence-corrected chi connectivity index (χ3v) is 42.5. The normalized spacial score (nSPS) is 22.6. The van der Waals surface area contributed by atoms with E-state index in [1.807, 2.05) is 126 Å². The van der Waals surface area contributed by atoms with E-state index in [0.29, 0.717) is 6.54 Å². The van der Waals surface area contributed by atoms with E-state index in [-0.39, 0.29) is 23.0 Å². The van der Waals surface area contributed by atoms with Crippen LogP contribution in [-0.2, 0) is 32.7 Å². The molecule has 31 aromatic rings. The summed E-state index contributed by atoms with van der Waals surface area (Å²) in [6, 6.07) is 17.0. The van der Waals surface area contributed by atoms with Gasteiger partial charge in [-0.15, -0.1) is 47.0 Å². The largest absolute Gasteiger partial charge is 2.00 e. The number of nitrogens with zero attached hydrogens (tertiary/aromatic N) is 1. The maximum absolute atomic E-state index is 17.6. The van der Waals surface area contributed by atoms with Gasteiger partial charge in [0.1, 0.15) is 0 Å². The third kappa shape index (κ3) is 4.00.